The molecule has 0 spiro atoms. The van der Waals surface area contributed by atoms with Crippen molar-refractivity contribution in [1.29, 1.82) is 0 Å². The van der Waals surface area contributed by atoms with Gasteiger partial charge in [-0.1, -0.05) is 0 Å². The number of hydrogen-bond donors (Lipinski definition) is 0. The Bertz CT molecular complexity index is 432. The van der Waals surface area contributed by atoms with Crippen LogP contribution in [0.15, 0.2) is 34.9 Å². The summed E-state index contributed by atoms with van der Waals surface area (Å²) in [6.45, 7) is 0. The zero-order chi connectivity index (χ0) is 10.1. The molecule has 2 heterocycles. The van der Waals surface area contributed by atoms with Gasteiger partial charge in [0.1, 0.15) is 5.01 Å². The van der Waals surface area contributed by atoms with Gasteiger partial charge in [-0.05, 0) is 25.0 Å². The Balaban J connectivity index is 1.80. The lowest BCUT2D eigenvalue weighted by atomic mass is 10.3. The quantitative estimate of drug-likeness (QED) is 0.813. The maximum absolute atomic E-state index is 4.44. The fraction of sp³-hybridized carbons (Fsp3) is 0.273. The first-order valence-electron chi connectivity index (χ1n) is 4.94. The van der Waals surface area contributed by atoms with Crippen LogP contribution >= 0.6 is 23.1 Å². The number of nitrogens with zero attached hydrogens (tertiary/aromatic N) is 2. The highest BCUT2D eigenvalue weighted by Gasteiger charge is 2.22. The second kappa shape index (κ2) is 3.94. The number of thioether (sulfide) groups is 1. The highest BCUT2D eigenvalue weighted by Crippen LogP contribution is 2.38. The first-order chi connectivity index (χ1) is 7.42. The minimum Gasteiger partial charge on any atom is -0.249 e. The predicted octanol–water partition coefficient (Wildman–Crippen LogP) is 3.46. The summed E-state index contributed by atoms with van der Waals surface area (Å²) in [4.78, 5) is 8.71. The summed E-state index contributed by atoms with van der Waals surface area (Å²) in [5.74, 6) is 0. The van der Waals surface area contributed by atoms with Crippen molar-refractivity contribution in [2.24, 2.45) is 0 Å². The fourth-order valence-corrected chi connectivity index (χ4v) is 2.90. The Kier molecular flexibility index (Phi) is 2.46. The van der Waals surface area contributed by atoms with E-state index >= 15 is 0 Å². The number of pyridine rings is 1. The van der Waals surface area contributed by atoms with Gasteiger partial charge in [0.15, 0.2) is 0 Å². The third-order valence-corrected chi connectivity index (χ3v) is 4.34. The lowest BCUT2D eigenvalue weighted by Gasteiger charge is -1.99. The Hall–Kier alpha value is -0.870. The van der Waals surface area contributed by atoms with E-state index in [9.17, 15) is 0 Å². The van der Waals surface area contributed by atoms with E-state index in [-0.39, 0.29) is 0 Å². The molecule has 2 aromatic rings. The van der Waals surface area contributed by atoms with Crippen LogP contribution in [0.5, 0.6) is 0 Å². The standard InChI is InChI=1S/C11H10N2S2/c1-4-10(15-9-2-3-9)13-7-8(1)11-12-5-6-14-11/h1,4-7,9H,2-3H2. The molecule has 15 heavy (non-hydrogen) atoms. The third kappa shape index (κ3) is 2.21. The van der Waals surface area contributed by atoms with Crippen molar-refractivity contribution in [2.45, 2.75) is 23.1 Å². The monoisotopic (exact) mass is 234 g/mol. The smallest absolute Gasteiger partial charge is 0.124 e. The van der Waals surface area contributed by atoms with Gasteiger partial charge in [0, 0.05) is 28.6 Å². The first kappa shape index (κ1) is 9.36. The molecule has 2 nitrogen and oxygen atoms in total. The molecule has 0 radical (unpaired) electrons. The van der Waals surface area contributed by atoms with Gasteiger partial charge in [-0.15, -0.1) is 23.1 Å². The molecule has 3 rings (SSSR count). The minimum atomic E-state index is 0.822. The summed E-state index contributed by atoms with van der Waals surface area (Å²) in [6.07, 6.45) is 6.44. The van der Waals surface area contributed by atoms with E-state index < -0.39 is 0 Å². The van der Waals surface area contributed by atoms with Crippen LogP contribution in [0.1, 0.15) is 12.8 Å². The Morgan fingerprint density at radius 2 is 2.20 bits per heavy atom. The van der Waals surface area contributed by atoms with E-state index in [1.807, 2.05) is 29.5 Å². The van der Waals surface area contributed by atoms with Crippen LogP contribution in [0.3, 0.4) is 0 Å². The van der Waals surface area contributed by atoms with Gasteiger partial charge in [0.25, 0.3) is 0 Å². The molecule has 0 aliphatic heterocycles. The second-order valence-electron chi connectivity index (χ2n) is 3.54. The zero-order valence-electron chi connectivity index (χ0n) is 8.09. The van der Waals surface area contributed by atoms with Crippen molar-refractivity contribution in [3.8, 4) is 10.6 Å². The van der Waals surface area contributed by atoms with Crippen molar-refractivity contribution >= 4 is 23.1 Å². The molecule has 76 valence electrons. The molecule has 1 aliphatic rings. The predicted molar refractivity (Wildman–Crippen MR) is 64.2 cm³/mol. The number of hydrogen-bond acceptors (Lipinski definition) is 4. The largest absolute Gasteiger partial charge is 0.249 e. The molecule has 0 bridgehead atoms. The SMILES string of the molecule is c1csc(-c2ccc(SC3CC3)nc2)n1. The average Bonchev–Trinajstić information content (AvgIpc) is 2.92. The molecule has 0 saturated heterocycles. The maximum atomic E-state index is 4.44. The van der Waals surface area contributed by atoms with Crippen molar-refractivity contribution in [3.05, 3.63) is 29.9 Å². The number of rotatable bonds is 3. The molecule has 1 saturated carbocycles. The van der Waals surface area contributed by atoms with Crippen molar-refractivity contribution in [1.82, 2.24) is 9.97 Å². The normalized spacial score (nSPS) is 15.5. The van der Waals surface area contributed by atoms with Crippen LogP contribution in [0.4, 0.5) is 0 Å². The highest BCUT2D eigenvalue weighted by molar-refractivity contribution is 8.00. The fourth-order valence-electron chi connectivity index (χ4n) is 1.30. The molecule has 2 aromatic heterocycles. The molecule has 0 aromatic carbocycles. The number of aromatic nitrogens is 2. The molecule has 0 N–H and O–H groups in total. The van der Waals surface area contributed by atoms with Gasteiger partial charge in [-0.2, -0.15) is 0 Å². The lowest BCUT2D eigenvalue weighted by molar-refractivity contribution is 1.13. The Morgan fingerprint density at radius 1 is 1.27 bits per heavy atom. The summed E-state index contributed by atoms with van der Waals surface area (Å²) >= 11 is 3.54. The molecular formula is C11H10N2S2. The zero-order valence-corrected chi connectivity index (χ0v) is 9.72. The van der Waals surface area contributed by atoms with Crippen LogP contribution in [0, 0.1) is 0 Å². The second-order valence-corrected chi connectivity index (χ2v) is 5.75. The average molecular weight is 234 g/mol. The van der Waals surface area contributed by atoms with Gasteiger partial charge < -0.3 is 0 Å². The minimum absolute atomic E-state index is 0.822. The van der Waals surface area contributed by atoms with Crippen LogP contribution in [0.2, 0.25) is 0 Å². The molecule has 1 aliphatic carbocycles. The Morgan fingerprint density at radius 3 is 2.80 bits per heavy atom. The van der Waals surface area contributed by atoms with Gasteiger partial charge >= 0.3 is 0 Å². The van der Waals surface area contributed by atoms with Crippen molar-refractivity contribution in [3.63, 3.8) is 0 Å². The molecular weight excluding hydrogens is 224 g/mol. The summed E-state index contributed by atoms with van der Waals surface area (Å²) < 4.78 is 0. The van der Waals surface area contributed by atoms with Crippen LogP contribution in [0.25, 0.3) is 10.6 Å². The van der Waals surface area contributed by atoms with E-state index in [0.717, 1.165) is 20.8 Å². The van der Waals surface area contributed by atoms with Crippen molar-refractivity contribution in [2.75, 3.05) is 0 Å². The molecule has 1 fully saturated rings. The van der Waals surface area contributed by atoms with Crippen LogP contribution in [-0.2, 0) is 0 Å². The summed E-state index contributed by atoms with van der Waals surface area (Å²) in [5, 5.41) is 4.99. The topological polar surface area (TPSA) is 25.8 Å². The summed E-state index contributed by atoms with van der Waals surface area (Å²) in [7, 11) is 0. The van der Waals surface area contributed by atoms with E-state index in [1.165, 1.54) is 12.8 Å². The van der Waals surface area contributed by atoms with Crippen LogP contribution in [-0.4, -0.2) is 15.2 Å². The third-order valence-electron chi connectivity index (χ3n) is 2.23. The lowest BCUT2D eigenvalue weighted by Crippen LogP contribution is -1.83. The molecule has 0 atom stereocenters. The number of thiazole rings is 1. The Labute approximate surface area is 96.8 Å². The van der Waals surface area contributed by atoms with Gasteiger partial charge in [-0.25, -0.2) is 9.97 Å². The molecule has 4 heteroatoms. The van der Waals surface area contributed by atoms with Crippen molar-refractivity contribution < 1.29 is 0 Å². The van der Waals surface area contributed by atoms with Gasteiger partial charge in [0.2, 0.25) is 0 Å². The van der Waals surface area contributed by atoms with Gasteiger partial charge in [-0.3, -0.25) is 0 Å². The molecule has 0 amide bonds. The van der Waals surface area contributed by atoms with Gasteiger partial charge in [0.05, 0.1) is 5.03 Å². The van der Waals surface area contributed by atoms with Crippen LogP contribution < -0.4 is 0 Å². The molecule has 0 unspecified atom stereocenters. The summed E-state index contributed by atoms with van der Waals surface area (Å²) in [5.41, 5.74) is 1.12. The first-order valence-corrected chi connectivity index (χ1v) is 6.70. The summed E-state index contributed by atoms with van der Waals surface area (Å²) in [6, 6.07) is 4.20. The van der Waals surface area contributed by atoms with E-state index in [2.05, 4.69) is 22.1 Å². The highest BCUT2D eigenvalue weighted by atomic mass is 32.2. The maximum Gasteiger partial charge on any atom is 0.124 e. The van der Waals surface area contributed by atoms with E-state index in [4.69, 9.17) is 0 Å². The van der Waals surface area contributed by atoms with E-state index in [1.54, 1.807) is 11.3 Å². The van der Waals surface area contributed by atoms with E-state index in [0.29, 0.717) is 0 Å².